The van der Waals surface area contributed by atoms with Crippen molar-refractivity contribution in [2.24, 2.45) is 5.92 Å². The minimum Gasteiger partial charge on any atom is -0.341 e. The van der Waals surface area contributed by atoms with Crippen LogP contribution in [0.2, 0.25) is 0 Å². The van der Waals surface area contributed by atoms with Crippen molar-refractivity contribution in [3.8, 4) is 11.6 Å². The lowest BCUT2D eigenvalue weighted by Crippen LogP contribution is -2.31. The third-order valence-corrected chi connectivity index (χ3v) is 3.96. The number of H-pyrrole nitrogens is 1. The van der Waals surface area contributed by atoms with Crippen molar-refractivity contribution in [2.45, 2.75) is 52.0 Å². The van der Waals surface area contributed by atoms with E-state index in [1.165, 1.54) is 6.33 Å². The molecule has 0 radical (unpaired) electrons. The highest BCUT2D eigenvalue weighted by molar-refractivity contribution is 5.93. The van der Waals surface area contributed by atoms with E-state index in [4.69, 9.17) is 4.52 Å². The SMILES string of the molecule is CC(C)CC(NC(=O)C1=CCCCC1)c1nc(-c2ncn[nH]2)no1. The van der Waals surface area contributed by atoms with Gasteiger partial charge in [-0.2, -0.15) is 10.1 Å². The minimum absolute atomic E-state index is 0.0419. The molecule has 1 unspecified atom stereocenters. The number of rotatable bonds is 6. The maximum Gasteiger partial charge on any atom is 0.249 e. The van der Waals surface area contributed by atoms with E-state index in [9.17, 15) is 4.79 Å². The van der Waals surface area contributed by atoms with Crippen LogP contribution in [0.25, 0.3) is 11.6 Å². The van der Waals surface area contributed by atoms with E-state index in [0.717, 1.165) is 37.7 Å². The van der Waals surface area contributed by atoms with Gasteiger partial charge in [-0.1, -0.05) is 25.1 Å². The quantitative estimate of drug-likeness (QED) is 0.842. The van der Waals surface area contributed by atoms with E-state index in [1.54, 1.807) is 0 Å². The lowest BCUT2D eigenvalue weighted by molar-refractivity contribution is -0.118. The van der Waals surface area contributed by atoms with Gasteiger partial charge in [0, 0.05) is 5.57 Å². The molecular formula is C16H22N6O2. The summed E-state index contributed by atoms with van der Waals surface area (Å²) in [7, 11) is 0. The molecule has 2 aromatic heterocycles. The molecule has 0 aliphatic heterocycles. The Morgan fingerprint density at radius 3 is 2.96 bits per heavy atom. The van der Waals surface area contributed by atoms with Crippen LogP contribution in [0.1, 0.15) is 57.9 Å². The van der Waals surface area contributed by atoms with Crippen molar-refractivity contribution in [1.29, 1.82) is 0 Å². The number of aromatic nitrogens is 5. The Morgan fingerprint density at radius 1 is 1.42 bits per heavy atom. The van der Waals surface area contributed by atoms with Crippen LogP contribution in [0.5, 0.6) is 0 Å². The highest BCUT2D eigenvalue weighted by Crippen LogP contribution is 2.24. The van der Waals surface area contributed by atoms with Gasteiger partial charge in [-0.3, -0.25) is 9.89 Å². The average molecular weight is 330 g/mol. The molecule has 2 heterocycles. The summed E-state index contributed by atoms with van der Waals surface area (Å²) in [4.78, 5) is 20.9. The van der Waals surface area contributed by atoms with E-state index in [2.05, 4.69) is 44.5 Å². The molecule has 8 heteroatoms. The molecule has 1 amide bonds. The third-order valence-electron chi connectivity index (χ3n) is 3.96. The van der Waals surface area contributed by atoms with E-state index in [-0.39, 0.29) is 11.9 Å². The van der Waals surface area contributed by atoms with Crippen molar-refractivity contribution >= 4 is 5.91 Å². The highest BCUT2D eigenvalue weighted by Gasteiger charge is 2.25. The fourth-order valence-corrected chi connectivity index (χ4v) is 2.77. The molecule has 1 aliphatic carbocycles. The van der Waals surface area contributed by atoms with Gasteiger partial charge in [0.15, 0.2) is 5.82 Å². The Bertz CT molecular complexity index is 704. The molecule has 0 fully saturated rings. The zero-order valence-electron chi connectivity index (χ0n) is 14.0. The standard InChI is InChI=1S/C16H22N6O2/c1-10(2)8-12(19-15(23)11-6-4-3-5-7-11)16-20-14(22-24-16)13-17-9-18-21-13/h6,9-10,12H,3-5,7-8H2,1-2H3,(H,19,23)(H,17,18,21). The minimum atomic E-state index is -0.315. The molecule has 8 nitrogen and oxygen atoms in total. The summed E-state index contributed by atoms with van der Waals surface area (Å²) in [5, 5.41) is 13.4. The predicted molar refractivity (Wildman–Crippen MR) is 86.6 cm³/mol. The van der Waals surface area contributed by atoms with Crippen LogP contribution < -0.4 is 5.32 Å². The van der Waals surface area contributed by atoms with Crippen molar-refractivity contribution in [3.63, 3.8) is 0 Å². The molecule has 24 heavy (non-hydrogen) atoms. The van der Waals surface area contributed by atoms with Gasteiger partial charge in [0.1, 0.15) is 12.4 Å². The smallest absolute Gasteiger partial charge is 0.249 e. The average Bonchev–Trinajstić information content (AvgIpc) is 3.26. The zero-order valence-corrected chi connectivity index (χ0v) is 14.0. The first-order valence-electron chi connectivity index (χ1n) is 8.32. The second-order valence-electron chi connectivity index (χ2n) is 6.42. The van der Waals surface area contributed by atoms with Gasteiger partial charge >= 0.3 is 0 Å². The fourth-order valence-electron chi connectivity index (χ4n) is 2.77. The molecule has 3 rings (SSSR count). The van der Waals surface area contributed by atoms with Crippen molar-refractivity contribution < 1.29 is 9.32 Å². The van der Waals surface area contributed by atoms with Gasteiger partial charge in [0.05, 0.1) is 0 Å². The molecule has 0 saturated carbocycles. The lowest BCUT2D eigenvalue weighted by atomic mass is 9.98. The Morgan fingerprint density at radius 2 is 2.29 bits per heavy atom. The van der Waals surface area contributed by atoms with Gasteiger partial charge in [-0.05, 0) is 38.0 Å². The highest BCUT2D eigenvalue weighted by atomic mass is 16.5. The van der Waals surface area contributed by atoms with Crippen LogP contribution in [0.4, 0.5) is 0 Å². The lowest BCUT2D eigenvalue weighted by Gasteiger charge is -2.19. The van der Waals surface area contributed by atoms with E-state index in [1.807, 2.05) is 6.08 Å². The van der Waals surface area contributed by atoms with Gasteiger partial charge < -0.3 is 9.84 Å². The molecular weight excluding hydrogens is 308 g/mol. The van der Waals surface area contributed by atoms with Crippen molar-refractivity contribution in [1.82, 2.24) is 30.6 Å². The molecule has 0 spiro atoms. The Labute approximate surface area is 140 Å². The first kappa shape index (κ1) is 16.4. The summed E-state index contributed by atoms with van der Waals surface area (Å²) in [6.07, 6.45) is 8.13. The molecule has 0 aromatic carbocycles. The van der Waals surface area contributed by atoms with Crippen molar-refractivity contribution in [3.05, 3.63) is 23.9 Å². The zero-order chi connectivity index (χ0) is 16.9. The van der Waals surface area contributed by atoms with Crippen LogP contribution in [0.3, 0.4) is 0 Å². The number of carbonyl (C=O) groups is 1. The monoisotopic (exact) mass is 330 g/mol. The summed E-state index contributed by atoms with van der Waals surface area (Å²) in [5.74, 6) is 1.49. The summed E-state index contributed by atoms with van der Waals surface area (Å²) < 4.78 is 5.36. The molecule has 1 atom stereocenters. The van der Waals surface area contributed by atoms with Crippen LogP contribution >= 0.6 is 0 Å². The number of hydrogen-bond acceptors (Lipinski definition) is 6. The number of aromatic amines is 1. The fraction of sp³-hybridized carbons (Fsp3) is 0.562. The van der Waals surface area contributed by atoms with E-state index >= 15 is 0 Å². The van der Waals surface area contributed by atoms with Gasteiger partial charge in [-0.25, -0.2) is 4.98 Å². The number of hydrogen-bond donors (Lipinski definition) is 2. The topological polar surface area (TPSA) is 110 Å². The summed E-state index contributed by atoms with van der Waals surface area (Å²) >= 11 is 0. The summed E-state index contributed by atoms with van der Waals surface area (Å²) in [6.45, 7) is 4.18. The van der Waals surface area contributed by atoms with Crippen LogP contribution in [0, 0.1) is 5.92 Å². The molecule has 128 valence electrons. The van der Waals surface area contributed by atoms with Crippen LogP contribution in [0.15, 0.2) is 22.5 Å². The molecule has 0 saturated heterocycles. The predicted octanol–water partition coefficient (Wildman–Crippen LogP) is 2.56. The number of nitrogens with one attached hydrogen (secondary N) is 2. The second-order valence-corrected chi connectivity index (χ2v) is 6.42. The van der Waals surface area contributed by atoms with Crippen molar-refractivity contribution in [2.75, 3.05) is 0 Å². The number of carbonyl (C=O) groups excluding carboxylic acids is 1. The molecule has 2 N–H and O–H groups in total. The summed E-state index contributed by atoms with van der Waals surface area (Å²) in [6, 6.07) is -0.315. The maximum atomic E-state index is 12.5. The van der Waals surface area contributed by atoms with Gasteiger partial charge in [0.25, 0.3) is 0 Å². The maximum absolute atomic E-state index is 12.5. The number of allylic oxidation sites excluding steroid dienone is 1. The normalized spacial score (nSPS) is 16.0. The number of nitrogens with zero attached hydrogens (tertiary/aromatic N) is 4. The largest absolute Gasteiger partial charge is 0.341 e. The van der Waals surface area contributed by atoms with Gasteiger partial charge in [-0.15, -0.1) is 0 Å². The third kappa shape index (κ3) is 3.87. The van der Waals surface area contributed by atoms with Crippen LogP contribution in [-0.2, 0) is 4.79 Å². The van der Waals surface area contributed by atoms with Gasteiger partial charge in [0.2, 0.25) is 17.6 Å². The molecule has 2 aromatic rings. The second kappa shape index (κ2) is 7.37. The molecule has 0 bridgehead atoms. The Balaban J connectivity index is 1.76. The van der Waals surface area contributed by atoms with E-state index in [0.29, 0.717) is 23.5 Å². The Kier molecular flexibility index (Phi) is 5.02. The summed E-state index contributed by atoms with van der Waals surface area (Å²) in [5.41, 5.74) is 0.852. The Hall–Kier alpha value is -2.51. The first-order chi connectivity index (χ1) is 11.6. The van der Waals surface area contributed by atoms with E-state index < -0.39 is 0 Å². The number of amides is 1. The molecule has 1 aliphatic rings. The first-order valence-corrected chi connectivity index (χ1v) is 8.32. The van der Waals surface area contributed by atoms with Crippen LogP contribution in [-0.4, -0.2) is 31.2 Å².